The largest absolute Gasteiger partial charge is 0.466 e. The van der Waals surface area contributed by atoms with Crippen LogP contribution in [0.4, 0.5) is 0 Å². The third kappa shape index (κ3) is 3.50. The van der Waals surface area contributed by atoms with Crippen molar-refractivity contribution < 1.29 is 14.6 Å². The average Bonchev–Trinajstić information content (AvgIpc) is 2.05. The predicted molar refractivity (Wildman–Crippen MR) is 50.9 cm³/mol. The van der Waals surface area contributed by atoms with Gasteiger partial charge in [0.2, 0.25) is 0 Å². The van der Waals surface area contributed by atoms with E-state index >= 15 is 0 Å². The summed E-state index contributed by atoms with van der Waals surface area (Å²) in [5.74, 6) is -0.670. The molecule has 13 heavy (non-hydrogen) atoms. The van der Waals surface area contributed by atoms with Crippen molar-refractivity contribution in [3.63, 3.8) is 0 Å². The number of ether oxygens (including phenoxy) is 1. The topological polar surface area (TPSA) is 58.6 Å². The molecule has 0 aromatic heterocycles. The molecule has 0 radical (unpaired) electrons. The maximum atomic E-state index is 11.2. The number of esters is 1. The molecule has 1 heterocycles. The molecule has 1 fully saturated rings. The van der Waals surface area contributed by atoms with Gasteiger partial charge in [-0.15, -0.1) is 12.4 Å². The Hall–Kier alpha value is -0.320. The van der Waals surface area contributed by atoms with Gasteiger partial charge in [-0.25, -0.2) is 0 Å². The molecule has 1 rings (SSSR count). The first-order chi connectivity index (χ1) is 5.75. The van der Waals surface area contributed by atoms with E-state index in [0.29, 0.717) is 19.6 Å². The molecule has 0 saturated carbocycles. The van der Waals surface area contributed by atoms with Gasteiger partial charge >= 0.3 is 5.97 Å². The van der Waals surface area contributed by atoms with Gasteiger partial charge in [0, 0.05) is 6.54 Å². The van der Waals surface area contributed by atoms with Gasteiger partial charge in [0.25, 0.3) is 0 Å². The summed E-state index contributed by atoms with van der Waals surface area (Å²) in [7, 11) is 0. The fourth-order valence-corrected chi connectivity index (χ4v) is 1.33. The summed E-state index contributed by atoms with van der Waals surface area (Å²) in [4.78, 5) is 11.2. The lowest BCUT2D eigenvalue weighted by Crippen LogP contribution is -2.44. The summed E-state index contributed by atoms with van der Waals surface area (Å²) in [6.07, 6.45) is 0.0917. The van der Waals surface area contributed by atoms with E-state index in [1.807, 2.05) is 0 Å². The molecule has 5 heteroatoms. The lowest BCUT2D eigenvalue weighted by molar-refractivity contribution is -0.152. The van der Waals surface area contributed by atoms with E-state index in [1.165, 1.54) is 0 Å². The van der Waals surface area contributed by atoms with Crippen molar-refractivity contribution in [3.05, 3.63) is 0 Å². The van der Waals surface area contributed by atoms with E-state index in [2.05, 4.69) is 5.32 Å². The summed E-state index contributed by atoms with van der Waals surface area (Å²) in [5, 5.41) is 12.5. The number of aliphatic hydroxyl groups is 1. The Balaban J connectivity index is 0.00000144. The zero-order valence-corrected chi connectivity index (χ0v) is 8.47. The Morgan fingerprint density at radius 1 is 1.69 bits per heavy atom. The highest BCUT2D eigenvalue weighted by molar-refractivity contribution is 5.85. The second-order valence-corrected chi connectivity index (χ2v) is 2.92. The van der Waals surface area contributed by atoms with Gasteiger partial charge in [0.1, 0.15) is 0 Å². The van der Waals surface area contributed by atoms with Gasteiger partial charge in [-0.1, -0.05) is 0 Å². The molecular formula is C8H16ClNO3. The lowest BCUT2D eigenvalue weighted by Gasteiger charge is -2.26. The molecule has 0 aromatic rings. The molecule has 0 bridgehead atoms. The van der Waals surface area contributed by atoms with Crippen molar-refractivity contribution in [3.8, 4) is 0 Å². The van der Waals surface area contributed by atoms with Gasteiger partial charge in [-0.05, 0) is 19.9 Å². The number of aliphatic hydroxyl groups excluding tert-OH is 1. The van der Waals surface area contributed by atoms with Crippen LogP contribution in [0.2, 0.25) is 0 Å². The molecule has 1 aliphatic heterocycles. The first-order valence-corrected chi connectivity index (χ1v) is 4.31. The fraction of sp³-hybridized carbons (Fsp3) is 0.875. The molecule has 1 saturated heterocycles. The van der Waals surface area contributed by atoms with Crippen LogP contribution in [0.3, 0.4) is 0 Å². The van der Waals surface area contributed by atoms with Gasteiger partial charge < -0.3 is 15.2 Å². The molecular weight excluding hydrogens is 194 g/mol. The number of rotatable bonds is 2. The maximum absolute atomic E-state index is 11.2. The minimum Gasteiger partial charge on any atom is -0.466 e. The standard InChI is InChI=1S/C8H15NO3.ClH/c1-2-12-8(11)6-5-9-4-3-7(6)10;/h6-7,9-10H,2-5H2,1H3;1H/t6-,7-;/m1./s1. The predicted octanol–water partition coefficient (Wildman–Crippen LogP) is -0.0583. The van der Waals surface area contributed by atoms with Crippen LogP contribution in [0.5, 0.6) is 0 Å². The molecule has 0 spiro atoms. The smallest absolute Gasteiger partial charge is 0.312 e. The quantitative estimate of drug-likeness (QED) is 0.626. The lowest BCUT2D eigenvalue weighted by atomic mass is 9.96. The van der Waals surface area contributed by atoms with Gasteiger partial charge in [-0.2, -0.15) is 0 Å². The van der Waals surface area contributed by atoms with Crippen LogP contribution in [-0.2, 0) is 9.53 Å². The van der Waals surface area contributed by atoms with Crippen LogP contribution in [0.15, 0.2) is 0 Å². The number of piperidine rings is 1. The average molecular weight is 210 g/mol. The number of hydrogen-bond donors (Lipinski definition) is 2. The first-order valence-electron chi connectivity index (χ1n) is 4.31. The summed E-state index contributed by atoms with van der Waals surface area (Å²) in [6, 6.07) is 0. The number of carbonyl (C=O) groups is 1. The highest BCUT2D eigenvalue weighted by Gasteiger charge is 2.30. The van der Waals surface area contributed by atoms with E-state index in [4.69, 9.17) is 4.74 Å². The van der Waals surface area contributed by atoms with Crippen molar-refractivity contribution in [1.82, 2.24) is 5.32 Å². The molecule has 0 aliphatic carbocycles. The van der Waals surface area contributed by atoms with E-state index in [-0.39, 0.29) is 24.3 Å². The Morgan fingerprint density at radius 2 is 2.38 bits per heavy atom. The maximum Gasteiger partial charge on any atom is 0.312 e. The molecule has 1 aliphatic rings. The second kappa shape index (κ2) is 6.18. The van der Waals surface area contributed by atoms with Crippen LogP contribution in [-0.4, -0.2) is 36.9 Å². The minimum atomic E-state index is -0.537. The molecule has 2 N–H and O–H groups in total. The monoisotopic (exact) mass is 209 g/mol. The van der Waals surface area contributed by atoms with Crippen molar-refractivity contribution in [2.75, 3.05) is 19.7 Å². The van der Waals surface area contributed by atoms with Crippen molar-refractivity contribution >= 4 is 18.4 Å². The molecule has 0 amide bonds. The summed E-state index contributed by atoms with van der Waals surface area (Å²) in [5.41, 5.74) is 0. The van der Waals surface area contributed by atoms with Crippen LogP contribution < -0.4 is 5.32 Å². The van der Waals surface area contributed by atoms with Gasteiger partial charge in [0.05, 0.1) is 18.6 Å². The first kappa shape index (κ1) is 12.7. The van der Waals surface area contributed by atoms with Crippen molar-refractivity contribution in [2.45, 2.75) is 19.4 Å². The highest BCUT2D eigenvalue weighted by Crippen LogP contribution is 2.12. The van der Waals surface area contributed by atoms with E-state index in [9.17, 15) is 9.90 Å². The molecule has 2 atom stereocenters. The molecule has 0 unspecified atom stereocenters. The molecule has 0 aromatic carbocycles. The molecule has 4 nitrogen and oxygen atoms in total. The zero-order valence-electron chi connectivity index (χ0n) is 7.66. The Morgan fingerprint density at radius 3 is 2.92 bits per heavy atom. The van der Waals surface area contributed by atoms with E-state index in [0.717, 1.165) is 6.54 Å². The molecule has 78 valence electrons. The minimum absolute atomic E-state index is 0. The summed E-state index contributed by atoms with van der Waals surface area (Å²) >= 11 is 0. The highest BCUT2D eigenvalue weighted by atomic mass is 35.5. The third-order valence-electron chi connectivity index (χ3n) is 2.03. The van der Waals surface area contributed by atoms with Crippen LogP contribution in [0.1, 0.15) is 13.3 Å². The Labute approximate surface area is 84.1 Å². The van der Waals surface area contributed by atoms with Crippen LogP contribution in [0, 0.1) is 5.92 Å². The number of halogens is 1. The van der Waals surface area contributed by atoms with Gasteiger partial charge in [-0.3, -0.25) is 4.79 Å². The zero-order chi connectivity index (χ0) is 8.97. The summed E-state index contributed by atoms with van der Waals surface area (Å²) in [6.45, 7) is 3.44. The SMILES string of the molecule is CCOC(=O)[C@@H]1CNCC[C@H]1O.Cl. The summed E-state index contributed by atoms with van der Waals surface area (Å²) < 4.78 is 4.81. The Bertz CT molecular complexity index is 165. The van der Waals surface area contributed by atoms with E-state index < -0.39 is 6.10 Å². The van der Waals surface area contributed by atoms with Crippen LogP contribution in [0.25, 0.3) is 0 Å². The number of nitrogens with one attached hydrogen (secondary N) is 1. The fourth-order valence-electron chi connectivity index (χ4n) is 1.33. The third-order valence-corrected chi connectivity index (χ3v) is 2.03. The van der Waals surface area contributed by atoms with Crippen molar-refractivity contribution in [1.29, 1.82) is 0 Å². The van der Waals surface area contributed by atoms with Crippen LogP contribution >= 0.6 is 12.4 Å². The number of carbonyl (C=O) groups excluding carboxylic acids is 1. The van der Waals surface area contributed by atoms with E-state index in [1.54, 1.807) is 6.92 Å². The van der Waals surface area contributed by atoms with Crippen molar-refractivity contribution in [2.24, 2.45) is 5.92 Å². The number of hydrogen-bond acceptors (Lipinski definition) is 4. The second-order valence-electron chi connectivity index (χ2n) is 2.92. The van der Waals surface area contributed by atoms with Gasteiger partial charge in [0.15, 0.2) is 0 Å². The Kier molecular flexibility index (Phi) is 6.03. The normalized spacial score (nSPS) is 27.5.